The molecule has 2 heterocycles. The van der Waals surface area contributed by atoms with Gasteiger partial charge in [0.15, 0.2) is 0 Å². The zero-order valence-corrected chi connectivity index (χ0v) is 14.5. The second-order valence-electron chi connectivity index (χ2n) is 7.29. The van der Waals surface area contributed by atoms with Gasteiger partial charge >= 0.3 is 12.0 Å². The Hall–Kier alpha value is -2.05. The molecule has 2 amide bonds. The Balaban J connectivity index is 1.61. The summed E-state index contributed by atoms with van der Waals surface area (Å²) in [5, 5.41) is 16.5. The van der Waals surface area contributed by atoms with E-state index in [2.05, 4.69) is 10.5 Å². The van der Waals surface area contributed by atoms with Crippen LogP contribution in [-0.4, -0.2) is 46.3 Å². The molecule has 132 valence electrons. The van der Waals surface area contributed by atoms with Crippen LogP contribution in [0.5, 0.6) is 0 Å². The van der Waals surface area contributed by atoms with Gasteiger partial charge in [-0.05, 0) is 46.0 Å². The van der Waals surface area contributed by atoms with Crippen molar-refractivity contribution in [1.29, 1.82) is 0 Å². The van der Waals surface area contributed by atoms with Crippen molar-refractivity contribution in [3.63, 3.8) is 0 Å². The van der Waals surface area contributed by atoms with Gasteiger partial charge in [0.05, 0.1) is 11.1 Å². The number of fused-ring (bicyclic) bond motifs is 1. The van der Waals surface area contributed by atoms with Gasteiger partial charge in [-0.15, -0.1) is 0 Å². The summed E-state index contributed by atoms with van der Waals surface area (Å²) in [6, 6.07) is -0.250. The minimum Gasteiger partial charge on any atom is -0.481 e. The number of urea groups is 1. The SMILES string of the molecule is Cc1noc(C)c1CC(C)NC(=O)N1C[C@@H]2CCC[C@@]2(C(=O)O)C1. The zero-order valence-electron chi connectivity index (χ0n) is 14.5. The number of aryl methyl sites for hydroxylation is 2. The van der Waals surface area contributed by atoms with Crippen molar-refractivity contribution in [1.82, 2.24) is 15.4 Å². The molecule has 7 nitrogen and oxygen atoms in total. The predicted molar refractivity (Wildman–Crippen MR) is 86.7 cm³/mol. The van der Waals surface area contributed by atoms with E-state index in [9.17, 15) is 14.7 Å². The fourth-order valence-corrected chi connectivity index (χ4v) is 4.25. The molecule has 1 aromatic heterocycles. The Morgan fingerprint density at radius 2 is 2.25 bits per heavy atom. The number of carbonyl (C=O) groups excluding carboxylic acids is 1. The zero-order chi connectivity index (χ0) is 17.5. The normalized spacial score (nSPS) is 27.1. The van der Waals surface area contributed by atoms with Crippen molar-refractivity contribution in [2.24, 2.45) is 11.3 Å². The Kier molecular flexibility index (Phi) is 4.27. The lowest BCUT2D eigenvalue weighted by atomic mass is 9.81. The molecule has 7 heteroatoms. The molecule has 1 aliphatic carbocycles. The lowest BCUT2D eigenvalue weighted by molar-refractivity contribution is -0.149. The highest BCUT2D eigenvalue weighted by molar-refractivity contribution is 5.80. The van der Waals surface area contributed by atoms with Crippen LogP contribution < -0.4 is 5.32 Å². The van der Waals surface area contributed by atoms with E-state index in [-0.39, 0.29) is 18.0 Å². The topological polar surface area (TPSA) is 95.7 Å². The van der Waals surface area contributed by atoms with Gasteiger partial charge in [-0.2, -0.15) is 0 Å². The fraction of sp³-hybridized carbons (Fsp3) is 0.706. The standard InChI is InChI=1S/C17H25N3O4/c1-10(7-14-11(2)19-24-12(14)3)18-16(23)20-8-13-5-4-6-17(13,9-20)15(21)22/h10,13H,4-9H2,1-3H3,(H,18,23)(H,21,22)/t10?,13-,17+/m0/s1. The van der Waals surface area contributed by atoms with Gasteiger partial charge in [0.25, 0.3) is 0 Å². The van der Waals surface area contributed by atoms with Crippen LogP contribution in [0.3, 0.4) is 0 Å². The molecule has 2 aliphatic rings. The molecule has 3 atom stereocenters. The number of nitrogens with zero attached hydrogens (tertiary/aromatic N) is 2. The maximum absolute atomic E-state index is 12.5. The van der Waals surface area contributed by atoms with Gasteiger partial charge in [-0.3, -0.25) is 4.79 Å². The van der Waals surface area contributed by atoms with Gasteiger partial charge in [-0.1, -0.05) is 11.6 Å². The first-order valence-electron chi connectivity index (χ1n) is 8.54. The van der Waals surface area contributed by atoms with Crippen molar-refractivity contribution in [3.05, 3.63) is 17.0 Å². The molecule has 1 saturated carbocycles. The van der Waals surface area contributed by atoms with Crippen molar-refractivity contribution >= 4 is 12.0 Å². The summed E-state index contributed by atoms with van der Waals surface area (Å²) in [7, 11) is 0. The highest BCUT2D eigenvalue weighted by atomic mass is 16.5. The third-order valence-corrected chi connectivity index (χ3v) is 5.65. The number of nitrogens with one attached hydrogen (secondary N) is 1. The van der Waals surface area contributed by atoms with E-state index in [0.29, 0.717) is 25.9 Å². The fourth-order valence-electron chi connectivity index (χ4n) is 4.25. The van der Waals surface area contributed by atoms with Crippen molar-refractivity contribution in [3.8, 4) is 0 Å². The van der Waals surface area contributed by atoms with Crippen LogP contribution in [0.2, 0.25) is 0 Å². The van der Waals surface area contributed by atoms with E-state index < -0.39 is 11.4 Å². The first kappa shape index (κ1) is 16.8. The molecular weight excluding hydrogens is 310 g/mol. The summed E-state index contributed by atoms with van der Waals surface area (Å²) in [6.45, 7) is 6.54. The molecule has 1 unspecified atom stereocenters. The van der Waals surface area contributed by atoms with Gasteiger partial charge in [0.1, 0.15) is 5.76 Å². The smallest absolute Gasteiger partial charge is 0.317 e. The van der Waals surface area contributed by atoms with Gasteiger partial charge in [0, 0.05) is 24.7 Å². The van der Waals surface area contributed by atoms with E-state index in [1.165, 1.54) is 0 Å². The minimum absolute atomic E-state index is 0.0736. The highest BCUT2D eigenvalue weighted by Gasteiger charge is 2.55. The third kappa shape index (κ3) is 2.76. The van der Waals surface area contributed by atoms with Crippen molar-refractivity contribution in [2.45, 2.75) is 52.5 Å². The first-order chi connectivity index (χ1) is 11.3. The second-order valence-corrected chi connectivity index (χ2v) is 7.29. The second kappa shape index (κ2) is 6.11. The quantitative estimate of drug-likeness (QED) is 0.878. The van der Waals surface area contributed by atoms with Crippen molar-refractivity contribution < 1.29 is 19.2 Å². The Labute approximate surface area is 141 Å². The molecule has 0 bridgehead atoms. The molecule has 0 spiro atoms. The average molecular weight is 335 g/mol. The van der Waals surface area contributed by atoms with Gasteiger partial charge < -0.3 is 19.8 Å². The first-order valence-corrected chi connectivity index (χ1v) is 8.54. The summed E-state index contributed by atoms with van der Waals surface area (Å²) >= 11 is 0. The Morgan fingerprint density at radius 3 is 2.83 bits per heavy atom. The molecule has 1 aromatic rings. The van der Waals surface area contributed by atoms with Crippen molar-refractivity contribution in [2.75, 3.05) is 13.1 Å². The number of carboxylic acid groups (broad SMARTS) is 1. The minimum atomic E-state index is -0.760. The molecule has 0 aromatic carbocycles. The molecule has 24 heavy (non-hydrogen) atoms. The van der Waals surface area contributed by atoms with Gasteiger partial charge in [-0.25, -0.2) is 4.79 Å². The maximum Gasteiger partial charge on any atom is 0.317 e. The molecular formula is C17H25N3O4. The number of rotatable bonds is 4. The lowest BCUT2D eigenvalue weighted by Gasteiger charge is -2.24. The number of aromatic nitrogens is 1. The van der Waals surface area contributed by atoms with Crippen LogP contribution in [0.1, 0.15) is 43.2 Å². The summed E-state index contributed by atoms with van der Waals surface area (Å²) in [5.74, 6) is 0.0943. The number of hydrogen-bond donors (Lipinski definition) is 2. The van der Waals surface area contributed by atoms with Crippen LogP contribution in [0, 0.1) is 25.2 Å². The molecule has 3 rings (SSSR count). The Bertz CT molecular complexity index is 637. The number of likely N-dealkylation sites (tertiary alicyclic amines) is 1. The van der Waals surface area contributed by atoms with Crippen LogP contribution in [0.15, 0.2) is 4.52 Å². The van der Waals surface area contributed by atoms with Crippen LogP contribution in [-0.2, 0) is 11.2 Å². The predicted octanol–water partition coefficient (Wildman–Crippen LogP) is 2.12. The lowest BCUT2D eigenvalue weighted by Crippen LogP contribution is -2.45. The molecule has 2 fully saturated rings. The van der Waals surface area contributed by atoms with E-state index in [4.69, 9.17) is 4.52 Å². The molecule has 0 radical (unpaired) electrons. The van der Waals surface area contributed by atoms with Gasteiger partial charge in [0.2, 0.25) is 0 Å². The number of hydrogen-bond acceptors (Lipinski definition) is 4. The molecule has 2 N–H and O–H groups in total. The average Bonchev–Trinajstić information content (AvgIpc) is 3.15. The molecule has 1 saturated heterocycles. The summed E-state index contributed by atoms with van der Waals surface area (Å²) in [4.78, 5) is 25.9. The van der Waals surface area contributed by atoms with Crippen LogP contribution >= 0.6 is 0 Å². The highest BCUT2D eigenvalue weighted by Crippen LogP contribution is 2.48. The Morgan fingerprint density at radius 1 is 1.50 bits per heavy atom. The van der Waals surface area contributed by atoms with E-state index in [0.717, 1.165) is 29.9 Å². The van der Waals surface area contributed by atoms with Crippen LogP contribution in [0.25, 0.3) is 0 Å². The maximum atomic E-state index is 12.5. The largest absolute Gasteiger partial charge is 0.481 e. The van der Waals surface area contributed by atoms with Crippen LogP contribution in [0.4, 0.5) is 4.79 Å². The summed E-state index contributed by atoms with van der Waals surface area (Å²) in [6.07, 6.45) is 3.15. The van der Waals surface area contributed by atoms with E-state index in [1.54, 1.807) is 4.90 Å². The summed E-state index contributed by atoms with van der Waals surface area (Å²) < 4.78 is 5.15. The monoisotopic (exact) mass is 335 g/mol. The third-order valence-electron chi connectivity index (χ3n) is 5.65. The molecule has 1 aliphatic heterocycles. The summed E-state index contributed by atoms with van der Waals surface area (Å²) in [5.41, 5.74) is 1.12. The number of aliphatic carboxylic acids is 1. The van der Waals surface area contributed by atoms with E-state index in [1.807, 2.05) is 20.8 Å². The number of amides is 2. The van der Waals surface area contributed by atoms with E-state index >= 15 is 0 Å². The number of carbonyl (C=O) groups is 2. The number of carboxylic acids is 1.